The number of aliphatic hydroxyl groups excluding tert-OH is 1. The first-order valence-corrected chi connectivity index (χ1v) is 11.5. The molecule has 1 atom stereocenters. The zero-order valence-corrected chi connectivity index (χ0v) is 17.6. The fourth-order valence-electron chi connectivity index (χ4n) is 5.71. The van der Waals surface area contributed by atoms with E-state index in [0.717, 1.165) is 47.7 Å². The molecule has 1 unspecified atom stereocenters. The van der Waals surface area contributed by atoms with Gasteiger partial charge in [0.2, 0.25) is 0 Å². The van der Waals surface area contributed by atoms with Gasteiger partial charge in [-0.3, -0.25) is 0 Å². The van der Waals surface area contributed by atoms with Gasteiger partial charge in [-0.1, -0.05) is 36.4 Å². The number of imidazole rings is 1. The Hall–Kier alpha value is -2.85. The monoisotopic (exact) mass is 412 g/mol. The molecule has 0 saturated heterocycles. The molecule has 2 fully saturated rings. The fourth-order valence-corrected chi connectivity index (χ4v) is 5.71. The standard InChI is InChI=1S/C27H28N2O2/c30-25-14-13-21(23-3-1-2-4-24(23)25)17-7-9-19(10-8-17)27(31)26-22(18-5-6-18)12-11-20-15-28-16-29(20)26/h1-4,11-19,27,30-31H,5-10H2. The van der Waals surface area contributed by atoms with Gasteiger partial charge in [0.05, 0.1) is 29.8 Å². The van der Waals surface area contributed by atoms with Crippen molar-refractivity contribution in [2.75, 3.05) is 0 Å². The van der Waals surface area contributed by atoms with Crippen molar-refractivity contribution in [2.45, 2.75) is 56.5 Å². The number of hydrogen-bond acceptors (Lipinski definition) is 3. The lowest BCUT2D eigenvalue weighted by atomic mass is 9.74. The summed E-state index contributed by atoms with van der Waals surface area (Å²) in [6, 6.07) is 16.4. The maximum Gasteiger partial charge on any atom is 0.123 e. The molecule has 2 N–H and O–H groups in total. The van der Waals surface area contributed by atoms with Gasteiger partial charge in [-0.2, -0.15) is 0 Å². The second-order valence-corrected chi connectivity index (χ2v) is 9.41. The lowest BCUT2D eigenvalue weighted by Crippen LogP contribution is -2.22. The first kappa shape index (κ1) is 18.9. The number of aliphatic hydroxyl groups is 1. The van der Waals surface area contributed by atoms with Crippen molar-refractivity contribution in [3.63, 3.8) is 0 Å². The van der Waals surface area contributed by atoms with Crippen LogP contribution in [0, 0.1) is 5.92 Å². The van der Waals surface area contributed by atoms with Gasteiger partial charge in [0.15, 0.2) is 0 Å². The smallest absolute Gasteiger partial charge is 0.123 e. The van der Waals surface area contributed by atoms with E-state index in [1.807, 2.05) is 36.8 Å². The second-order valence-electron chi connectivity index (χ2n) is 9.41. The molecule has 6 rings (SSSR count). The number of phenolic OH excluding ortho intramolecular Hbond substituents is 1. The third kappa shape index (κ3) is 3.21. The first-order valence-electron chi connectivity index (χ1n) is 11.5. The molecular formula is C27H28N2O2. The van der Waals surface area contributed by atoms with Crippen molar-refractivity contribution in [3.05, 3.63) is 77.9 Å². The summed E-state index contributed by atoms with van der Waals surface area (Å²) in [5.74, 6) is 1.69. The number of benzene rings is 2. The average Bonchev–Trinajstić information content (AvgIpc) is 3.55. The summed E-state index contributed by atoms with van der Waals surface area (Å²) in [6.07, 6.45) is 9.87. The number of hydrogen-bond donors (Lipinski definition) is 2. The molecule has 2 aliphatic rings. The number of aromatic hydroxyl groups is 1. The van der Waals surface area contributed by atoms with Crippen molar-refractivity contribution < 1.29 is 10.2 Å². The van der Waals surface area contributed by atoms with Crippen LogP contribution in [0.4, 0.5) is 0 Å². The molecule has 2 aliphatic carbocycles. The van der Waals surface area contributed by atoms with Crippen LogP contribution in [0.15, 0.2) is 61.1 Å². The van der Waals surface area contributed by atoms with Crippen LogP contribution in [-0.4, -0.2) is 19.6 Å². The first-order chi connectivity index (χ1) is 15.2. The van der Waals surface area contributed by atoms with Gasteiger partial charge in [-0.05, 0) is 84.9 Å². The molecule has 0 aliphatic heterocycles. The van der Waals surface area contributed by atoms with Gasteiger partial charge in [0.25, 0.3) is 0 Å². The molecule has 0 amide bonds. The Kier molecular flexibility index (Phi) is 4.50. The number of pyridine rings is 1. The van der Waals surface area contributed by atoms with Crippen molar-refractivity contribution in [2.24, 2.45) is 5.92 Å². The highest BCUT2D eigenvalue weighted by Gasteiger charge is 2.34. The van der Waals surface area contributed by atoms with E-state index in [-0.39, 0.29) is 5.92 Å². The van der Waals surface area contributed by atoms with E-state index in [1.165, 1.54) is 24.0 Å². The summed E-state index contributed by atoms with van der Waals surface area (Å²) in [4.78, 5) is 4.33. The Balaban J connectivity index is 1.27. The number of phenols is 1. The van der Waals surface area contributed by atoms with Crippen molar-refractivity contribution in [3.8, 4) is 5.75 Å². The lowest BCUT2D eigenvalue weighted by Gasteiger charge is -2.33. The topological polar surface area (TPSA) is 57.8 Å². The highest BCUT2D eigenvalue weighted by Crippen LogP contribution is 2.47. The molecule has 4 heteroatoms. The maximum absolute atomic E-state index is 11.5. The third-order valence-corrected chi connectivity index (χ3v) is 7.55. The van der Waals surface area contributed by atoms with E-state index < -0.39 is 6.10 Å². The Morgan fingerprint density at radius 2 is 1.48 bits per heavy atom. The summed E-state index contributed by atoms with van der Waals surface area (Å²) in [6.45, 7) is 0. The van der Waals surface area contributed by atoms with Gasteiger partial charge >= 0.3 is 0 Å². The van der Waals surface area contributed by atoms with Crippen LogP contribution >= 0.6 is 0 Å². The molecule has 158 valence electrons. The molecule has 0 radical (unpaired) electrons. The third-order valence-electron chi connectivity index (χ3n) is 7.55. The average molecular weight is 413 g/mol. The molecule has 2 aromatic heterocycles. The molecule has 2 heterocycles. The van der Waals surface area contributed by atoms with Crippen molar-refractivity contribution in [1.82, 2.24) is 9.38 Å². The number of fused-ring (bicyclic) bond motifs is 2. The Morgan fingerprint density at radius 3 is 2.26 bits per heavy atom. The molecule has 0 bridgehead atoms. The van der Waals surface area contributed by atoms with Gasteiger partial charge in [-0.15, -0.1) is 0 Å². The van der Waals surface area contributed by atoms with Gasteiger partial charge < -0.3 is 14.6 Å². The molecule has 4 aromatic rings. The normalized spacial score (nSPS) is 22.7. The van der Waals surface area contributed by atoms with Crippen molar-refractivity contribution >= 4 is 16.3 Å². The van der Waals surface area contributed by atoms with E-state index >= 15 is 0 Å². The summed E-state index contributed by atoms with van der Waals surface area (Å²) in [5, 5.41) is 23.8. The minimum absolute atomic E-state index is 0.269. The molecule has 31 heavy (non-hydrogen) atoms. The van der Waals surface area contributed by atoms with E-state index in [1.54, 1.807) is 0 Å². The van der Waals surface area contributed by atoms with Gasteiger partial charge in [0, 0.05) is 5.39 Å². The predicted molar refractivity (Wildman–Crippen MR) is 122 cm³/mol. The summed E-state index contributed by atoms with van der Waals surface area (Å²) in [7, 11) is 0. The van der Waals surface area contributed by atoms with Crippen molar-refractivity contribution in [1.29, 1.82) is 0 Å². The summed E-state index contributed by atoms with van der Waals surface area (Å²) >= 11 is 0. The van der Waals surface area contributed by atoms with Gasteiger partial charge in [0.1, 0.15) is 5.75 Å². The van der Waals surface area contributed by atoms with E-state index in [4.69, 9.17) is 0 Å². The minimum Gasteiger partial charge on any atom is -0.507 e. The second kappa shape index (κ2) is 7.38. The van der Waals surface area contributed by atoms with E-state index in [2.05, 4.69) is 33.7 Å². The van der Waals surface area contributed by atoms with Crippen LogP contribution in [0.1, 0.15) is 73.3 Å². The minimum atomic E-state index is -0.453. The summed E-state index contributed by atoms with van der Waals surface area (Å²) in [5.41, 5.74) is 4.76. The predicted octanol–water partition coefficient (Wildman–Crippen LogP) is 6.08. The van der Waals surface area contributed by atoms with Crippen LogP contribution in [0.25, 0.3) is 16.3 Å². The molecule has 4 nitrogen and oxygen atoms in total. The van der Waals surface area contributed by atoms with E-state index in [9.17, 15) is 10.2 Å². The number of rotatable bonds is 4. The molecule has 0 spiro atoms. The van der Waals surface area contributed by atoms with Crippen LogP contribution in [0.3, 0.4) is 0 Å². The van der Waals surface area contributed by atoms with Gasteiger partial charge in [-0.25, -0.2) is 4.98 Å². The quantitative estimate of drug-likeness (QED) is 0.427. The Morgan fingerprint density at radius 1 is 0.806 bits per heavy atom. The van der Waals surface area contributed by atoms with Crippen LogP contribution in [0.2, 0.25) is 0 Å². The Labute approximate surface area is 182 Å². The lowest BCUT2D eigenvalue weighted by molar-refractivity contribution is 0.0755. The molecule has 2 aromatic carbocycles. The fraction of sp³-hybridized carbons (Fsp3) is 0.370. The zero-order chi connectivity index (χ0) is 20.9. The summed E-state index contributed by atoms with van der Waals surface area (Å²) < 4.78 is 2.11. The largest absolute Gasteiger partial charge is 0.507 e. The number of aromatic nitrogens is 2. The zero-order valence-electron chi connectivity index (χ0n) is 17.6. The van der Waals surface area contributed by atoms with Crippen LogP contribution < -0.4 is 0 Å². The Bertz CT molecular complexity index is 1250. The highest BCUT2D eigenvalue weighted by molar-refractivity contribution is 5.91. The molecular weight excluding hydrogens is 384 g/mol. The number of nitrogens with zero attached hydrogens (tertiary/aromatic N) is 2. The maximum atomic E-state index is 11.5. The SMILES string of the molecule is Oc1ccc(C2CCC(C(O)c3c(C4CC4)ccc4cncn34)CC2)c2ccccc12. The highest BCUT2D eigenvalue weighted by atomic mass is 16.3. The van der Waals surface area contributed by atoms with Crippen LogP contribution in [0.5, 0.6) is 5.75 Å². The van der Waals surface area contributed by atoms with Crippen LogP contribution in [-0.2, 0) is 0 Å². The molecule has 2 saturated carbocycles. The van der Waals surface area contributed by atoms with E-state index in [0.29, 0.717) is 17.6 Å².